The number of Topliss-reactive ketones (excluding diaryl/α,β-unsaturated/α-hetero) is 1. The molecule has 0 radical (unpaired) electrons. The van der Waals surface area contributed by atoms with E-state index in [2.05, 4.69) is 6.92 Å². The van der Waals surface area contributed by atoms with Gasteiger partial charge in [0.25, 0.3) is 0 Å². The molecule has 0 aromatic heterocycles. The van der Waals surface area contributed by atoms with Crippen LogP contribution in [0.5, 0.6) is 0 Å². The van der Waals surface area contributed by atoms with Gasteiger partial charge in [0, 0.05) is 11.8 Å². The molecule has 0 aliphatic heterocycles. The van der Waals surface area contributed by atoms with E-state index in [4.69, 9.17) is 0 Å². The topological polar surface area (TPSA) is 17.1 Å². The van der Waals surface area contributed by atoms with Crippen LogP contribution in [0.3, 0.4) is 0 Å². The molecule has 0 heterocycles. The summed E-state index contributed by atoms with van der Waals surface area (Å²) in [6.07, 6.45) is 6.34. The van der Waals surface area contributed by atoms with Crippen LogP contribution in [-0.2, 0) is 4.79 Å². The van der Waals surface area contributed by atoms with Gasteiger partial charge in [0.2, 0.25) is 0 Å². The van der Waals surface area contributed by atoms with Gasteiger partial charge >= 0.3 is 0 Å². The van der Waals surface area contributed by atoms with E-state index in [1.54, 1.807) is 0 Å². The maximum Gasteiger partial charge on any atom is 0.140 e. The van der Waals surface area contributed by atoms with Gasteiger partial charge in [0.05, 0.1) is 0 Å². The average Bonchev–Trinajstić information content (AvgIpc) is 2.55. The SMILES string of the molecule is CCCCCCC1C(=O)C1C. The monoisotopic (exact) mass is 154 g/mol. The van der Waals surface area contributed by atoms with Crippen molar-refractivity contribution in [3.63, 3.8) is 0 Å². The molecule has 1 saturated carbocycles. The summed E-state index contributed by atoms with van der Waals surface area (Å²) in [7, 11) is 0. The molecular formula is C10H18O. The van der Waals surface area contributed by atoms with E-state index in [1.807, 2.05) is 6.92 Å². The minimum absolute atomic E-state index is 0.400. The Kier molecular flexibility index (Phi) is 3.10. The Morgan fingerprint density at radius 2 is 1.91 bits per heavy atom. The van der Waals surface area contributed by atoms with Crippen LogP contribution in [0.15, 0.2) is 0 Å². The molecular weight excluding hydrogens is 136 g/mol. The number of hydrogen-bond donors (Lipinski definition) is 0. The lowest BCUT2D eigenvalue weighted by atomic mass is 10.1. The summed E-state index contributed by atoms with van der Waals surface area (Å²) in [6, 6.07) is 0. The Morgan fingerprint density at radius 3 is 2.36 bits per heavy atom. The largest absolute Gasteiger partial charge is 0.299 e. The van der Waals surface area contributed by atoms with Gasteiger partial charge in [-0.1, -0.05) is 39.5 Å². The van der Waals surface area contributed by atoms with Crippen molar-refractivity contribution < 1.29 is 4.79 Å². The molecule has 0 saturated heterocycles. The zero-order valence-electron chi connectivity index (χ0n) is 7.60. The van der Waals surface area contributed by atoms with Gasteiger partial charge < -0.3 is 0 Å². The van der Waals surface area contributed by atoms with E-state index in [1.165, 1.54) is 25.7 Å². The first kappa shape index (κ1) is 8.76. The molecule has 2 atom stereocenters. The van der Waals surface area contributed by atoms with Gasteiger partial charge in [0.15, 0.2) is 0 Å². The lowest BCUT2D eigenvalue weighted by Gasteiger charge is -1.95. The van der Waals surface area contributed by atoms with Gasteiger partial charge in [-0.2, -0.15) is 0 Å². The summed E-state index contributed by atoms with van der Waals surface area (Å²) in [4.78, 5) is 10.9. The fraction of sp³-hybridized carbons (Fsp3) is 0.900. The number of carbonyl (C=O) groups excluding carboxylic acids is 1. The molecule has 1 fully saturated rings. The van der Waals surface area contributed by atoms with Gasteiger partial charge in [-0.25, -0.2) is 0 Å². The second kappa shape index (κ2) is 3.89. The number of unbranched alkanes of at least 4 members (excludes halogenated alkanes) is 3. The quantitative estimate of drug-likeness (QED) is 0.556. The minimum atomic E-state index is 0.400. The Morgan fingerprint density at radius 1 is 1.27 bits per heavy atom. The fourth-order valence-electron chi connectivity index (χ4n) is 1.62. The smallest absolute Gasteiger partial charge is 0.140 e. The second-order valence-corrected chi connectivity index (χ2v) is 3.65. The van der Waals surface area contributed by atoms with Crippen LogP contribution in [0.2, 0.25) is 0 Å². The van der Waals surface area contributed by atoms with Crippen LogP contribution in [0, 0.1) is 11.8 Å². The second-order valence-electron chi connectivity index (χ2n) is 3.65. The lowest BCUT2D eigenvalue weighted by Crippen LogP contribution is -1.82. The van der Waals surface area contributed by atoms with Crippen LogP contribution in [0.25, 0.3) is 0 Å². The highest BCUT2D eigenvalue weighted by Crippen LogP contribution is 2.37. The molecule has 0 aromatic rings. The molecule has 1 aliphatic carbocycles. The zero-order chi connectivity index (χ0) is 8.27. The van der Waals surface area contributed by atoms with Crippen molar-refractivity contribution in [1.29, 1.82) is 0 Å². The van der Waals surface area contributed by atoms with Gasteiger partial charge in [-0.05, 0) is 6.42 Å². The van der Waals surface area contributed by atoms with Crippen LogP contribution in [0.4, 0.5) is 0 Å². The van der Waals surface area contributed by atoms with Crippen LogP contribution in [-0.4, -0.2) is 5.78 Å². The van der Waals surface area contributed by atoms with Crippen molar-refractivity contribution in [3.8, 4) is 0 Å². The molecule has 11 heavy (non-hydrogen) atoms. The first-order valence-corrected chi connectivity index (χ1v) is 4.81. The van der Waals surface area contributed by atoms with E-state index in [0.29, 0.717) is 17.6 Å². The van der Waals surface area contributed by atoms with E-state index in [-0.39, 0.29) is 0 Å². The van der Waals surface area contributed by atoms with E-state index in [0.717, 1.165) is 6.42 Å². The Labute approximate surface area is 69.2 Å². The predicted molar refractivity (Wildman–Crippen MR) is 46.4 cm³/mol. The van der Waals surface area contributed by atoms with Crippen molar-refractivity contribution in [2.45, 2.75) is 46.0 Å². The van der Waals surface area contributed by atoms with Crippen molar-refractivity contribution in [3.05, 3.63) is 0 Å². The van der Waals surface area contributed by atoms with Crippen LogP contribution < -0.4 is 0 Å². The maximum atomic E-state index is 10.9. The summed E-state index contributed by atoms with van der Waals surface area (Å²) in [5, 5.41) is 0. The molecule has 0 spiro atoms. The molecule has 64 valence electrons. The summed E-state index contributed by atoms with van der Waals surface area (Å²) in [5.74, 6) is 1.35. The maximum absolute atomic E-state index is 10.9. The molecule has 0 bridgehead atoms. The third-order valence-corrected chi connectivity index (χ3v) is 2.68. The highest BCUT2D eigenvalue weighted by molar-refractivity contribution is 5.98. The Hall–Kier alpha value is -0.330. The third kappa shape index (κ3) is 2.32. The normalized spacial score (nSPS) is 29.1. The van der Waals surface area contributed by atoms with Crippen molar-refractivity contribution in [1.82, 2.24) is 0 Å². The Bertz CT molecular complexity index is 140. The molecule has 1 rings (SSSR count). The van der Waals surface area contributed by atoms with E-state index >= 15 is 0 Å². The summed E-state index contributed by atoms with van der Waals surface area (Å²) < 4.78 is 0. The molecule has 1 nitrogen and oxygen atoms in total. The van der Waals surface area contributed by atoms with Crippen molar-refractivity contribution in [2.75, 3.05) is 0 Å². The van der Waals surface area contributed by atoms with E-state index < -0.39 is 0 Å². The highest BCUT2D eigenvalue weighted by Gasteiger charge is 2.43. The number of carbonyl (C=O) groups is 1. The molecule has 0 N–H and O–H groups in total. The molecule has 1 aliphatic rings. The molecule has 1 heteroatoms. The first-order chi connectivity index (χ1) is 5.27. The van der Waals surface area contributed by atoms with Gasteiger partial charge in [-0.15, -0.1) is 0 Å². The lowest BCUT2D eigenvalue weighted by molar-refractivity contribution is -0.112. The Balaban J connectivity index is 1.93. The van der Waals surface area contributed by atoms with Crippen LogP contribution >= 0.6 is 0 Å². The number of ketones is 1. The van der Waals surface area contributed by atoms with Crippen LogP contribution in [0.1, 0.15) is 46.0 Å². The van der Waals surface area contributed by atoms with E-state index in [9.17, 15) is 4.79 Å². The molecule has 0 amide bonds. The minimum Gasteiger partial charge on any atom is -0.299 e. The predicted octanol–water partition coefficient (Wildman–Crippen LogP) is 2.79. The number of hydrogen-bond acceptors (Lipinski definition) is 1. The third-order valence-electron chi connectivity index (χ3n) is 2.68. The molecule has 2 unspecified atom stereocenters. The van der Waals surface area contributed by atoms with Gasteiger partial charge in [-0.3, -0.25) is 4.79 Å². The van der Waals surface area contributed by atoms with Crippen molar-refractivity contribution in [2.24, 2.45) is 11.8 Å². The fourth-order valence-corrected chi connectivity index (χ4v) is 1.62. The number of rotatable bonds is 5. The average molecular weight is 154 g/mol. The highest BCUT2D eigenvalue weighted by atomic mass is 16.1. The van der Waals surface area contributed by atoms with Crippen molar-refractivity contribution >= 4 is 5.78 Å². The summed E-state index contributed by atoms with van der Waals surface area (Å²) in [5.41, 5.74) is 0. The summed E-state index contributed by atoms with van der Waals surface area (Å²) >= 11 is 0. The van der Waals surface area contributed by atoms with Gasteiger partial charge in [0.1, 0.15) is 5.78 Å². The molecule has 0 aromatic carbocycles. The first-order valence-electron chi connectivity index (χ1n) is 4.81. The standard InChI is InChI=1S/C10H18O/c1-3-4-5-6-7-9-8(2)10(9)11/h8-9H,3-7H2,1-2H3. The zero-order valence-corrected chi connectivity index (χ0v) is 7.60. The summed E-state index contributed by atoms with van der Waals surface area (Å²) in [6.45, 7) is 4.26.